The number of amides is 1. The van der Waals surface area contributed by atoms with E-state index in [4.69, 9.17) is 0 Å². The first kappa shape index (κ1) is 15.2. The minimum absolute atomic E-state index is 0.125. The molecule has 5 heteroatoms. The van der Waals surface area contributed by atoms with Gasteiger partial charge in [-0.1, -0.05) is 24.3 Å². The zero-order chi connectivity index (χ0) is 14.1. The fraction of sp³-hybridized carbons (Fsp3) is 0.286. The number of carbonyl (C=O) groups excluding carboxylic acids is 2. The second-order valence-corrected chi connectivity index (χ2v) is 4.72. The molecule has 102 valence electrons. The van der Waals surface area contributed by atoms with Crippen molar-refractivity contribution in [1.82, 2.24) is 5.32 Å². The molecular formula is C14H17NO3S. The smallest absolute Gasteiger partial charge is 0.307 e. The van der Waals surface area contributed by atoms with Gasteiger partial charge in [-0.05, 0) is 18.4 Å². The molecule has 0 saturated heterocycles. The number of hydrogen-bond acceptors (Lipinski definition) is 4. The van der Waals surface area contributed by atoms with Crippen LogP contribution < -0.4 is 5.32 Å². The Labute approximate surface area is 116 Å². The number of allylic oxidation sites excluding steroid dienone is 3. The summed E-state index contributed by atoms with van der Waals surface area (Å²) in [6, 6.07) is 3.41. The van der Waals surface area contributed by atoms with Crippen molar-refractivity contribution < 1.29 is 14.3 Å². The molecule has 0 spiro atoms. The predicted molar refractivity (Wildman–Crippen MR) is 75.8 cm³/mol. The molecule has 4 nitrogen and oxygen atoms in total. The molecule has 1 aromatic heterocycles. The van der Waals surface area contributed by atoms with Gasteiger partial charge in [-0.2, -0.15) is 0 Å². The van der Waals surface area contributed by atoms with E-state index in [9.17, 15) is 9.59 Å². The first-order valence-electron chi connectivity index (χ1n) is 5.87. The summed E-state index contributed by atoms with van der Waals surface area (Å²) in [5, 5.41) is 4.70. The molecule has 0 aliphatic carbocycles. The summed E-state index contributed by atoms with van der Waals surface area (Å²) in [4.78, 5) is 24.0. The van der Waals surface area contributed by atoms with Crippen LogP contribution in [0.25, 0.3) is 0 Å². The molecular weight excluding hydrogens is 262 g/mol. The highest BCUT2D eigenvalue weighted by molar-refractivity contribution is 7.10. The summed E-state index contributed by atoms with van der Waals surface area (Å²) in [6.07, 6.45) is 6.80. The minimum Gasteiger partial charge on any atom is -0.469 e. The molecule has 1 amide bonds. The molecule has 1 rings (SSSR count). The van der Waals surface area contributed by atoms with Gasteiger partial charge in [0.2, 0.25) is 5.91 Å². The SMILES string of the molecule is C/C=C/C=C/C(=O)NC(CC(=O)OC)c1cccs1. The van der Waals surface area contributed by atoms with Crippen molar-refractivity contribution >= 4 is 23.2 Å². The number of methoxy groups -OCH3 is 1. The van der Waals surface area contributed by atoms with Crippen molar-refractivity contribution in [2.24, 2.45) is 0 Å². The lowest BCUT2D eigenvalue weighted by Crippen LogP contribution is -2.28. The third-order valence-corrected chi connectivity index (χ3v) is 3.34. The largest absolute Gasteiger partial charge is 0.469 e. The molecule has 1 N–H and O–H groups in total. The average Bonchev–Trinajstić information content (AvgIpc) is 2.92. The van der Waals surface area contributed by atoms with Gasteiger partial charge in [0.05, 0.1) is 19.6 Å². The molecule has 1 aromatic rings. The van der Waals surface area contributed by atoms with E-state index in [1.807, 2.05) is 30.5 Å². The molecule has 1 heterocycles. The maximum Gasteiger partial charge on any atom is 0.307 e. The van der Waals surface area contributed by atoms with Crippen LogP contribution in [-0.2, 0) is 14.3 Å². The quantitative estimate of drug-likeness (QED) is 0.495. The Kier molecular flexibility index (Phi) is 6.60. The highest BCUT2D eigenvalue weighted by Gasteiger charge is 2.18. The van der Waals surface area contributed by atoms with E-state index in [-0.39, 0.29) is 24.3 Å². The van der Waals surface area contributed by atoms with Crippen molar-refractivity contribution in [2.45, 2.75) is 19.4 Å². The Balaban J connectivity index is 2.69. The van der Waals surface area contributed by atoms with Gasteiger partial charge in [0.15, 0.2) is 0 Å². The Morgan fingerprint density at radius 3 is 2.84 bits per heavy atom. The van der Waals surface area contributed by atoms with Crippen molar-refractivity contribution in [3.63, 3.8) is 0 Å². The van der Waals surface area contributed by atoms with Crippen LogP contribution in [0.1, 0.15) is 24.3 Å². The van der Waals surface area contributed by atoms with Crippen molar-refractivity contribution in [3.05, 3.63) is 46.7 Å². The Morgan fingerprint density at radius 1 is 1.47 bits per heavy atom. The number of thiophene rings is 1. The molecule has 0 radical (unpaired) electrons. The van der Waals surface area contributed by atoms with E-state index in [1.54, 1.807) is 12.2 Å². The second kappa shape index (κ2) is 8.26. The van der Waals surface area contributed by atoms with Crippen LogP contribution in [0, 0.1) is 0 Å². The number of hydrogen-bond donors (Lipinski definition) is 1. The van der Waals surface area contributed by atoms with E-state index in [1.165, 1.54) is 24.5 Å². The molecule has 19 heavy (non-hydrogen) atoms. The molecule has 0 aliphatic rings. The zero-order valence-electron chi connectivity index (χ0n) is 11.0. The van der Waals surface area contributed by atoms with E-state index in [0.717, 1.165) is 4.88 Å². The van der Waals surface area contributed by atoms with Gasteiger partial charge in [0, 0.05) is 11.0 Å². The van der Waals surface area contributed by atoms with Crippen LogP contribution in [0.2, 0.25) is 0 Å². The first-order valence-corrected chi connectivity index (χ1v) is 6.75. The van der Waals surface area contributed by atoms with Crippen LogP contribution in [-0.4, -0.2) is 19.0 Å². The highest BCUT2D eigenvalue weighted by atomic mass is 32.1. The lowest BCUT2D eigenvalue weighted by Gasteiger charge is -2.15. The maximum absolute atomic E-state index is 11.7. The van der Waals surface area contributed by atoms with Crippen molar-refractivity contribution in [1.29, 1.82) is 0 Å². The Hall–Kier alpha value is -1.88. The van der Waals surface area contributed by atoms with Gasteiger partial charge in [-0.25, -0.2) is 0 Å². The molecule has 1 atom stereocenters. The first-order chi connectivity index (χ1) is 9.17. The summed E-state index contributed by atoms with van der Waals surface area (Å²) in [5.41, 5.74) is 0. The van der Waals surface area contributed by atoms with Gasteiger partial charge in [-0.3, -0.25) is 9.59 Å². The monoisotopic (exact) mass is 279 g/mol. The van der Waals surface area contributed by atoms with Gasteiger partial charge in [0.1, 0.15) is 0 Å². The minimum atomic E-state index is -0.352. The summed E-state index contributed by atoms with van der Waals surface area (Å²) in [5.74, 6) is -0.587. The number of rotatable bonds is 6. The molecule has 0 saturated carbocycles. The van der Waals surface area contributed by atoms with Crippen LogP contribution >= 0.6 is 11.3 Å². The van der Waals surface area contributed by atoms with Gasteiger partial charge < -0.3 is 10.1 Å². The standard InChI is InChI=1S/C14H17NO3S/c1-3-4-5-8-13(16)15-11(10-14(17)18-2)12-7-6-9-19-12/h3-9,11H,10H2,1-2H3,(H,15,16)/b4-3+,8-5+. The lowest BCUT2D eigenvalue weighted by molar-refractivity contribution is -0.141. The Bertz CT molecular complexity index is 463. The molecule has 0 aliphatic heterocycles. The summed E-state index contributed by atoms with van der Waals surface area (Å²) >= 11 is 1.49. The summed E-state index contributed by atoms with van der Waals surface area (Å²) in [7, 11) is 1.33. The molecule has 1 unspecified atom stereocenters. The van der Waals surface area contributed by atoms with E-state index >= 15 is 0 Å². The number of esters is 1. The van der Waals surface area contributed by atoms with Crippen LogP contribution in [0.5, 0.6) is 0 Å². The van der Waals surface area contributed by atoms with Gasteiger partial charge in [0.25, 0.3) is 0 Å². The van der Waals surface area contributed by atoms with Crippen LogP contribution in [0.3, 0.4) is 0 Å². The number of ether oxygens (including phenoxy) is 1. The average molecular weight is 279 g/mol. The normalized spacial score (nSPS) is 12.7. The summed E-state index contributed by atoms with van der Waals surface area (Å²) < 4.78 is 4.64. The van der Waals surface area contributed by atoms with Gasteiger partial charge in [-0.15, -0.1) is 11.3 Å². The predicted octanol–water partition coefficient (Wildman–Crippen LogP) is 2.60. The molecule has 0 fully saturated rings. The van der Waals surface area contributed by atoms with E-state index in [0.29, 0.717) is 0 Å². The number of carbonyl (C=O) groups is 2. The molecule has 0 aromatic carbocycles. The Morgan fingerprint density at radius 2 is 2.26 bits per heavy atom. The van der Waals surface area contributed by atoms with Crippen molar-refractivity contribution in [3.8, 4) is 0 Å². The summed E-state index contributed by atoms with van der Waals surface area (Å²) in [6.45, 7) is 1.87. The van der Waals surface area contributed by atoms with Crippen molar-refractivity contribution in [2.75, 3.05) is 7.11 Å². The van der Waals surface area contributed by atoms with E-state index < -0.39 is 0 Å². The maximum atomic E-state index is 11.7. The van der Waals surface area contributed by atoms with E-state index in [2.05, 4.69) is 10.1 Å². The topological polar surface area (TPSA) is 55.4 Å². The van der Waals surface area contributed by atoms with Crippen LogP contribution in [0.15, 0.2) is 41.8 Å². The fourth-order valence-corrected chi connectivity index (χ4v) is 2.21. The number of nitrogens with one attached hydrogen (secondary N) is 1. The van der Waals surface area contributed by atoms with Crippen LogP contribution in [0.4, 0.5) is 0 Å². The zero-order valence-corrected chi connectivity index (χ0v) is 11.8. The van der Waals surface area contributed by atoms with Gasteiger partial charge >= 0.3 is 5.97 Å². The third kappa shape index (κ3) is 5.52. The third-order valence-electron chi connectivity index (χ3n) is 2.35. The molecule has 0 bridgehead atoms. The highest BCUT2D eigenvalue weighted by Crippen LogP contribution is 2.22. The second-order valence-electron chi connectivity index (χ2n) is 3.74. The fourth-order valence-electron chi connectivity index (χ4n) is 1.44. The lowest BCUT2D eigenvalue weighted by atomic mass is 10.1.